The highest BCUT2D eigenvalue weighted by atomic mass is 32.2. The zero-order chi connectivity index (χ0) is 15.5. The lowest BCUT2D eigenvalue weighted by Gasteiger charge is -2.31. The molecule has 0 spiro atoms. The number of carbonyl (C=O) groups is 1. The van der Waals surface area contributed by atoms with E-state index in [1.807, 2.05) is 6.92 Å². The third-order valence-electron chi connectivity index (χ3n) is 3.56. The fourth-order valence-electron chi connectivity index (χ4n) is 2.45. The van der Waals surface area contributed by atoms with Gasteiger partial charge in [0, 0.05) is 19.6 Å². The molecule has 1 unspecified atom stereocenters. The van der Waals surface area contributed by atoms with Crippen molar-refractivity contribution in [2.75, 3.05) is 19.6 Å². The second-order valence-corrected chi connectivity index (χ2v) is 6.99. The fourth-order valence-corrected chi connectivity index (χ4v) is 3.97. The van der Waals surface area contributed by atoms with Gasteiger partial charge in [0.05, 0.1) is 10.8 Å². The van der Waals surface area contributed by atoms with Crippen molar-refractivity contribution < 1.29 is 17.6 Å². The number of carbonyl (C=O) groups excluding carboxylic acids is 1. The lowest BCUT2D eigenvalue weighted by Crippen LogP contribution is -2.45. The molecule has 1 aromatic rings. The largest absolute Gasteiger partial charge is 0.356 e. The first-order chi connectivity index (χ1) is 9.95. The van der Waals surface area contributed by atoms with Gasteiger partial charge in [-0.3, -0.25) is 4.79 Å². The summed E-state index contributed by atoms with van der Waals surface area (Å²) in [7, 11) is -3.67. The molecule has 1 aliphatic rings. The number of halogens is 1. The summed E-state index contributed by atoms with van der Waals surface area (Å²) < 4.78 is 39.2. The van der Waals surface area contributed by atoms with Crippen molar-refractivity contribution in [3.05, 3.63) is 30.1 Å². The van der Waals surface area contributed by atoms with Crippen LogP contribution in [0.5, 0.6) is 0 Å². The van der Waals surface area contributed by atoms with Crippen molar-refractivity contribution in [3.63, 3.8) is 0 Å². The van der Waals surface area contributed by atoms with Crippen LogP contribution < -0.4 is 5.32 Å². The minimum atomic E-state index is -3.67. The highest BCUT2D eigenvalue weighted by Crippen LogP contribution is 2.24. The van der Waals surface area contributed by atoms with E-state index in [9.17, 15) is 17.6 Å². The Bertz CT molecular complexity index is 601. The first-order valence-electron chi connectivity index (χ1n) is 6.98. The van der Waals surface area contributed by atoms with Crippen LogP contribution in [-0.4, -0.2) is 38.3 Å². The van der Waals surface area contributed by atoms with E-state index in [1.165, 1.54) is 16.4 Å². The summed E-state index contributed by atoms with van der Waals surface area (Å²) in [5.41, 5.74) is 0. The van der Waals surface area contributed by atoms with Crippen molar-refractivity contribution in [1.29, 1.82) is 0 Å². The van der Waals surface area contributed by atoms with Gasteiger partial charge < -0.3 is 5.32 Å². The summed E-state index contributed by atoms with van der Waals surface area (Å²) in [6.45, 7) is 2.91. The standard InChI is InChI=1S/C14H19FN2O3S/c1-2-16-14(18)11-4-3-9-17(10-11)21(19,20)13-7-5-12(15)6-8-13/h5-8,11H,2-4,9-10H2,1H3,(H,16,18). The maximum Gasteiger partial charge on any atom is 0.243 e. The van der Waals surface area contributed by atoms with Gasteiger partial charge in [-0.2, -0.15) is 4.31 Å². The first-order valence-corrected chi connectivity index (χ1v) is 8.42. The monoisotopic (exact) mass is 314 g/mol. The van der Waals surface area contributed by atoms with E-state index in [4.69, 9.17) is 0 Å². The predicted molar refractivity (Wildman–Crippen MR) is 76.6 cm³/mol. The van der Waals surface area contributed by atoms with Crippen LogP contribution in [0.4, 0.5) is 4.39 Å². The highest BCUT2D eigenvalue weighted by Gasteiger charge is 2.33. The molecule has 2 rings (SSSR count). The van der Waals surface area contributed by atoms with Crippen LogP contribution in [0.1, 0.15) is 19.8 Å². The van der Waals surface area contributed by atoms with Crippen molar-refractivity contribution in [3.8, 4) is 0 Å². The molecule has 5 nitrogen and oxygen atoms in total. The molecule has 1 aliphatic heterocycles. The van der Waals surface area contributed by atoms with Crippen LogP contribution in [0.15, 0.2) is 29.2 Å². The van der Waals surface area contributed by atoms with Gasteiger partial charge in [-0.05, 0) is 44.0 Å². The van der Waals surface area contributed by atoms with Gasteiger partial charge in [-0.15, -0.1) is 0 Å². The zero-order valence-electron chi connectivity index (χ0n) is 11.9. The summed E-state index contributed by atoms with van der Waals surface area (Å²) in [6, 6.07) is 4.75. The van der Waals surface area contributed by atoms with Gasteiger partial charge >= 0.3 is 0 Å². The van der Waals surface area contributed by atoms with Crippen LogP contribution in [0.3, 0.4) is 0 Å². The number of piperidine rings is 1. The Morgan fingerprint density at radius 1 is 1.38 bits per heavy atom. The Morgan fingerprint density at radius 3 is 2.67 bits per heavy atom. The molecule has 1 fully saturated rings. The van der Waals surface area contributed by atoms with Gasteiger partial charge in [-0.25, -0.2) is 12.8 Å². The second kappa shape index (κ2) is 6.53. The van der Waals surface area contributed by atoms with E-state index in [2.05, 4.69) is 5.32 Å². The van der Waals surface area contributed by atoms with Gasteiger partial charge in [0.1, 0.15) is 5.82 Å². The normalized spacial score (nSPS) is 20.2. The SMILES string of the molecule is CCNC(=O)C1CCCN(S(=O)(=O)c2ccc(F)cc2)C1. The van der Waals surface area contributed by atoms with Crippen molar-refractivity contribution >= 4 is 15.9 Å². The van der Waals surface area contributed by atoms with Crippen LogP contribution >= 0.6 is 0 Å². The predicted octanol–water partition coefficient (Wildman–Crippen LogP) is 1.36. The lowest BCUT2D eigenvalue weighted by molar-refractivity contribution is -0.125. The molecule has 1 N–H and O–H groups in total. The third-order valence-corrected chi connectivity index (χ3v) is 5.44. The molecule has 0 aliphatic carbocycles. The van der Waals surface area contributed by atoms with Crippen LogP contribution in [0.2, 0.25) is 0 Å². The molecule has 0 radical (unpaired) electrons. The van der Waals surface area contributed by atoms with Gasteiger partial charge in [0.2, 0.25) is 15.9 Å². The second-order valence-electron chi connectivity index (χ2n) is 5.05. The number of amides is 1. The minimum Gasteiger partial charge on any atom is -0.356 e. The molecular formula is C14H19FN2O3S. The molecule has 116 valence electrons. The van der Waals surface area contributed by atoms with Crippen LogP contribution in [0.25, 0.3) is 0 Å². The lowest BCUT2D eigenvalue weighted by atomic mass is 9.99. The number of benzene rings is 1. The van der Waals surface area contributed by atoms with Crippen molar-refractivity contribution in [2.45, 2.75) is 24.7 Å². The zero-order valence-corrected chi connectivity index (χ0v) is 12.7. The van der Waals surface area contributed by atoms with E-state index < -0.39 is 15.8 Å². The van der Waals surface area contributed by atoms with Crippen LogP contribution in [-0.2, 0) is 14.8 Å². The topological polar surface area (TPSA) is 66.5 Å². The summed E-state index contributed by atoms with van der Waals surface area (Å²) in [6.07, 6.45) is 1.32. The molecule has 1 heterocycles. The number of nitrogens with zero attached hydrogens (tertiary/aromatic N) is 1. The summed E-state index contributed by atoms with van der Waals surface area (Å²) >= 11 is 0. The average molecular weight is 314 g/mol. The van der Waals surface area contributed by atoms with E-state index in [-0.39, 0.29) is 23.3 Å². The molecule has 21 heavy (non-hydrogen) atoms. The van der Waals surface area contributed by atoms with E-state index in [0.29, 0.717) is 25.9 Å². The number of hydrogen-bond acceptors (Lipinski definition) is 3. The smallest absolute Gasteiger partial charge is 0.243 e. The van der Waals surface area contributed by atoms with Crippen molar-refractivity contribution in [1.82, 2.24) is 9.62 Å². The minimum absolute atomic E-state index is 0.0560. The Labute approximate surface area is 124 Å². The van der Waals surface area contributed by atoms with E-state index in [0.717, 1.165) is 12.1 Å². The van der Waals surface area contributed by atoms with Crippen molar-refractivity contribution in [2.24, 2.45) is 5.92 Å². The average Bonchev–Trinajstić information content (AvgIpc) is 2.48. The Kier molecular flexibility index (Phi) is 4.95. The molecule has 0 saturated carbocycles. The Balaban J connectivity index is 2.16. The summed E-state index contributed by atoms with van der Waals surface area (Å²) in [4.78, 5) is 11.9. The fraction of sp³-hybridized carbons (Fsp3) is 0.500. The maximum absolute atomic E-state index is 12.9. The third kappa shape index (κ3) is 3.59. The molecule has 7 heteroatoms. The van der Waals surface area contributed by atoms with Gasteiger partial charge in [0.15, 0.2) is 0 Å². The van der Waals surface area contributed by atoms with E-state index >= 15 is 0 Å². The molecule has 1 amide bonds. The number of nitrogens with one attached hydrogen (secondary N) is 1. The summed E-state index contributed by atoms with van der Waals surface area (Å²) in [5.74, 6) is -0.918. The Morgan fingerprint density at radius 2 is 2.05 bits per heavy atom. The Hall–Kier alpha value is -1.47. The van der Waals surface area contributed by atoms with E-state index in [1.54, 1.807) is 0 Å². The highest BCUT2D eigenvalue weighted by molar-refractivity contribution is 7.89. The molecule has 0 aromatic heterocycles. The molecule has 1 aromatic carbocycles. The first kappa shape index (κ1) is 15.9. The molecule has 1 saturated heterocycles. The van der Waals surface area contributed by atoms with Crippen LogP contribution in [0, 0.1) is 11.7 Å². The van der Waals surface area contributed by atoms with Gasteiger partial charge in [-0.1, -0.05) is 0 Å². The summed E-state index contributed by atoms with van der Waals surface area (Å²) in [5, 5.41) is 2.72. The number of sulfonamides is 1. The quantitative estimate of drug-likeness (QED) is 0.912. The molecule has 1 atom stereocenters. The number of hydrogen-bond donors (Lipinski definition) is 1. The molecule has 0 bridgehead atoms. The van der Waals surface area contributed by atoms with Gasteiger partial charge in [0.25, 0.3) is 0 Å². The number of rotatable bonds is 4. The maximum atomic E-state index is 12.9. The molecular weight excluding hydrogens is 295 g/mol.